The van der Waals surface area contributed by atoms with E-state index in [2.05, 4.69) is 26.8 Å². The van der Waals surface area contributed by atoms with E-state index in [9.17, 15) is 4.79 Å². The van der Waals surface area contributed by atoms with Crippen molar-refractivity contribution in [3.8, 4) is 0 Å². The number of amides is 1. The zero-order valence-corrected chi connectivity index (χ0v) is 12.4. The van der Waals surface area contributed by atoms with Crippen LogP contribution < -0.4 is 5.73 Å². The molecule has 1 aromatic rings. The molecule has 1 aromatic heterocycles. The molecule has 0 aliphatic carbocycles. The average Bonchev–Trinajstić information content (AvgIpc) is 2.78. The highest BCUT2D eigenvalue weighted by Gasteiger charge is 2.19. The fourth-order valence-corrected chi connectivity index (χ4v) is 2.65. The van der Waals surface area contributed by atoms with Crippen LogP contribution in [0.4, 0.5) is 0 Å². The monoisotopic (exact) mass is 268 g/mol. The molecule has 0 radical (unpaired) electrons. The fourth-order valence-electron chi connectivity index (χ4n) is 1.94. The first kappa shape index (κ1) is 15.2. The van der Waals surface area contributed by atoms with Crippen molar-refractivity contribution in [3.05, 3.63) is 22.4 Å². The highest BCUT2D eigenvalue weighted by atomic mass is 32.1. The van der Waals surface area contributed by atoms with Crippen molar-refractivity contribution in [2.45, 2.75) is 58.7 Å². The molecule has 102 valence electrons. The molecule has 1 amide bonds. The molecule has 0 aliphatic heterocycles. The van der Waals surface area contributed by atoms with Crippen molar-refractivity contribution >= 4 is 17.2 Å². The normalized spacial score (nSPS) is 12.7. The van der Waals surface area contributed by atoms with Crippen molar-refractivity contribution in [2.75, 3.05) is 0 Å². The predicted molar refractivity (Wildman–Crippen MR) is 77.5 cm³/mol. The smallest absolute Gasteiger partial charge is 0.224 e. The van der Waals surface area contributed by atoms with Gasteiger partial charge in [-0.15, -0.1) is 11.3 Å². The first-order chi connectivity index (χ1) is 8.54. The van der Waals surface area contributed by atoms with E-state index in [0.717, 1.165) is 12.8 Å². The van der Waals surface area contributed by atoms with Gasteiger partial charge in [-0.2, -0.15) is 0 Å². The first-order valence-electron chi connectivity index (χ1n) is 6.62. The third kappa shape index (κ3) is 4.78. The number of carbonyl (C=O) groups excluding carboxylic acids is 1. The summed E-state index contributed by atoms with van der Waals surface area (Å²) < 4.78 is 0. The maximum atomic E-state index is 12.2. The molecule has 4 heteroatoms. The van der Waals surface area contributed by atoms with Crippen molar-refractivity contribution in [2.24, 2.45) is 5.73 Å². The van der Waals surface area contributed by atoms with E-state index < -0.39 is 0 Å². The highest BCUT2D eigenvalue weighted by Crippen LogP contribution is 2.15. The Hall–Kier alpha value is -0.870. The van der Waals surface area contributed by atoms with Gasteiger partial charge in [-0.05, 0) is 31.7 Å². The lowest BCUT2D eigenvalue weighted by Gasteiger charge is -2.27. The van der Waals surface area contributed by atoms with Crippen LogP contribution in [0.1, 0.15) is 44.9 Å². The van der Waals surface area contributed by atoms with Crippen molar-refractivity contribution in [1.82, 2.24) is 4.90 Å². The summed E-state index contributed by atoms with van der Waals surface area (Å²) in [5.41, 5.74) is 5.95. The number of hydrogen-bond donors (Lipinski definition) is 1. The maximum absolute atomic E-state index is 12.2. The Morgan fingerprint density at radius 2 is 2.22 bits per heavy atom. The van der Waals surface area contributed by atoms with Crippen molar-refractivity contribution < 1.29 is 4.79 Å². The number of hydrogen-bond acceptors (Lipinski definition) is 3. The van der Waals surface area contributed by atoms with Crippen LogP contribution in [0, 0.1) is 0 Å². The molecule has 1 heterocycles. The Bertz CT molecular complexity index is 349. The summed E-state index contributed by atoms with van der Waals surface area (Å²) in [7, 11) is 0. The van der Waals surface area contributed by atoms with Crippen LogP contribution in [0.5, 0.6) is 0 Å². The number of nitrogens with two attached hydrogens (primary N) is 1. The second-order valence-electron chi connectivity index (χ2n) is 4.95. The third-order valence-corrected chi connectivity index (χ3v) is 3.81. The largest absolute Gasteiger partial charge is 0.335 e. The predicted octanol–water partition coefficient (Wildman–Crippen LogP) is 3.00. The van der Waals surface area contributed by atoms with Gasteiger partial charge in [-0.25, -0.2) is 0 Å². The van der Waals surface area contributed by atoms with E-state index in [1.54, 1.807) is 11.3 Å². The molecular formula is C14H24N2OS. The molecule has 1 atom stereocenters. The van der Waals surface area contributed by atoms with Crippen LogP contribution in [-0.2, 0) is 11.3 Å². The Labute approximate surface area is 114 Å². The van der Waals surface area contributed by atoms with Crippen LogP contribution >= 0.6 is 11.3 Å². The molecule has 18 heavy (non-hydrogen) atoms. The molecule has 0 saturated heterocycles. The Kier molecular flexibility index (Phi) is 6.36. The highest BCUT2D eigenvalue weighted by molar-refractivity contribution is 7.09. The summed E-state index contributed by atoms with van der Waals surface area (Å²) in [6.45, 7) is 6.90. The van der Waals surface area contributed by atoms with E-state index in [-0.39, 0.29) is 18.0 Å². The molecule has 3 nitrogen and oxygen atoms in total. The van der Waals surface area contributed by atoms with Gasteiger partial charge in [-0.3, -0.25) is 4.79 Å². The van der Waals surface area contributed by atoms with Gasteiger partial charge in [0.05, 0.1) is 6.54 Å². The molecule has 0 fully saturated rings. The molecule has 2 N–H and O–H groups in total. The van der Waals surface area contributed by atoms with Crippen LogP contribution in [0.25, 0.3) is 0 Å². The molecule has 1 rings (SSSR count). The fraction of sp³-hybridized carbons (Fsp3) is 0.643. The minimum Gasteiger partial charge on any atom is -0.335 e. The topological polar surface area (TPSA) is 46.3 Å². The Balaban J connectivity index is 2.58. The van der Waals surface area contributed by atoms with Gasteiger partial charge in [-0.1, -0.05) is 19.4 Å². The van der Waals surface area contributed by atoms with Crippen LogP contribution in [0.15, 0.2) is 17.5 Å². The van der Waals surface area contributed by atoms with E-state index in [1.165, 1.54) is 4.88 Å². The van der Waals surface area contributed by atoms with E-state index in [4.69, 9.17) is 5.73 Å². The average molecular weight is 268 g/mol. The lowest BCUT2D eigenvalue weighted by molar-refractivity contribution is -0.133. The number of rotatable bonds is 7. The standard InChI is InChI=1S/C14H24N2OS/c1-4-6-12(15)9-14(17)16(11(2)3)10-13-7-5-8-18-13/h5,7-8,11-12H,4,6,9-10,15H2,1-3H3. The molecule has 0 aromatic carbocycles. The molecule has 0 bridgehead atoms. The molecule has 0 spiro atoms. The van der Waals surface area contributed by atoms with E-state index >= 15 is 0 Å². The second kappa shape index (κ2) is 7.54. The van der Waals surface area contributed by atoms with Gasteiger partial charge < -0.3 is 10.6 Å². The maximum Gasteiger partial charge on any atom is 0.224 e. The van der Waals surface area contributed by atoms with Crippen LogP contribution in [-0.4, -0.2) is 22.9 Å². The molecule has 1 unspecified atom stereocenters. The van der Waals surface area contributed by atoms with Gasteiger partial charge >= 0.3 is 0 Å². The summed E-state index contributed by atoms with van der Waals surface area (Å²) >= 11 is 1.69. The van der Waals surface area contributed by atoms with Gasteiger partial charge in [0.2, 0.25) is 5.91 Å². The van der Waals surface area contributed by atoms with Crippen molar-refractivity contribution in [1.29, 1.82) is 0 Å². The summed E-state index contributed by atoms with van der Waals surface area (Å²) in [5, 5.41) is 2.04. The van der Waals surface area contributed by atoms with E-state index in [1.807, 2.05) is 16.3 Å². The first-order valence-corrected chi connectivity index (χ1v) is 7.50. The van der Waals surface area contributed by atoms with Gasteiger partial charge in [0, 0.05) is 23.4 Å². The third-order valence-electron chi connectivity index (χ3n) is 2.95. The zero-order chi connectivity index (χ0) is 13.5. The van der Waals surface area contributed by atoms with Crippen molar-refractivity contribution in [3.63, 3.8) is 0 Å². The second-order valence-corrected chi connectivity index (χ2v) is 5.98. The SMILES string of the molecule is CCCC(N)CC(=O)N(Cc1cccs1)C(C)C. The number of thiophene rings is 1. The lowest BCUT2D eigenvalue weighted by Crippen LogP contribution is -2.39. The summed E-state index contributed by atoms with van der Waals surface area (Å²) in [5.74, 6) is 0.166. The Morgan fingerprint density at radius 3 is 2.72 bits per heavy atom. The molecular weight excluding hydrogens is 244 g/mol. The summed E-state index contributed by atoms with van der Waals surface area (Å²) in [6.07, 6.45) is 2.40. The molecule has 0 saturated carbocycles. The van der Waals surface area contributed by atoms with Gasteiger partial charge in [0.15, 0.2) is 0 Å². The molecule has 0 aliphatic rings. The zero-order valence-electron chi connectivity index (χ0n) is 11.6. The minimum atomic E-state index is -0.00733. The minimum absolute atomic E-state index is 0.00733. The summed E-state index contributed by atoms with van der Waals surface area (Å²) in [6, 6.07) is 4.30. The quantitative estimate of drug-likeness (QED) is 0.826. The summed E-state index contributed by atoms with van der Waals surface area (Å²) in [4.78, 5) is 15.4. The van der Waals surface area contributed by atoms with Crippen LogP contribution in [0.3, 0.4) is 0 Å². The van der Waals surface area contributed by atoms with Crippen LogP contribution in [0.2, 0.25) is 0 Å². The van der Waals surface area contributed by atoms with E-state index in [0.29, 0.717) is 13.0 Å². The van der Waals surface area contributed by atoms with Gasteiger partial charge in [0.1, 0.15) is 0 Å². The lowest BCUT2D eigenvalue weighted by atomic mass is 10.1. The Morgan fingerprint density at radius 1 is 1.50 bits per heavy atom. The van der Waals surface area contributed by atoms with Gasteiger partial charge in [0.25, 0.3) is 0 Å². The number of carbonyl (C=O) groups is 1. The number of nitrogens with zero attached hydrogens (tertiary/aromatic N) is 1.